The lowest BCUT2D eigenvalue weighted by Gasteiger charge is -2.22. The minimum absolute atomic E-state index is 0.231. The predicted octanol–water partition coefficient (Wildman–Crippen LogP) is 3.01. The average Bonchev–Trinajstić information content (AvgIpc) is 2.67. The number of benzene rings is 2. The molecule has 27 heavy (non-hydrogen) atoms. The number of methoxy groups -OCH3 is 1. The molecule has 0 aliphatic rings. The molecule has 0 saturated carbocycles. The summed E-state index contributed by atoms with van der Waals surface area (Å²) in [6, 6.07) is 12.5. The zero-order chi connectivity index (χ0) is 19.8. The molecule has 142 valence electrons. The third-order valence-electron chi connectivity index (χ3n) is 3.98. The van der Waals surface area contributed by atoms with E-state index in [2.05, 4.69) is 5.32 Å². The lowest BCUT2D eigenvalue weighted by molar-refractivity contribution is -0.134. The van der Waals surface area contributed by atoms with Crippen LogP contribution in [0.5, 0.6) is 5.75 Å². The van der Waals surface area contributed by atoms with E-state index in [1.807, 2.05) is 12.1 Å². The Bertz CT molecular complexity index is 801. The van der Waals surface area contributed by atoms with Crippen LogP contribution < -0.4 is 10.1 Å². The first-order chi connectivity index (χ1) is 12.9. The molecular formula is C21H23FN2O3. The van der Waals surface area contributed by atoms with E-state index in [4.69, 9.17) is 4.74 Å². The van der Waals surface area contributed by atoms with Gasteiger partial charge in [0, 0.05) is 19.7 Å². The van der Waals surface area contributed by atoms with Crippen molar-refractivity contribution in [2.75, 3.05) is 14.2 Å². The van der Waals surface area contributed by atoms with Crippen LogP contribution in [-0.2, 0) is 16.1 Å². The summed E-state index contributed by atoms with van der Waals surface area (Å²) in [5.41, 5.74) is 1.66. The monoisotopic (exact) mass is 370 g/mol. The van der Waals surface area contributed by atoms with Crippen LogP contribution in [0.2, 0.25) is 0 Å². The molecule has 0 bridgehead atoms. The van der Waals surface area contributed by atoms with Crippen LogP contribution in [-0.4, -0.2) is 36.9 Å². The molecule has 0 heterocycles. The van der Waals surface area contributed by atoms with Crippen molar-refractivity contribution >= 4 is 17.9 Å². The van der Waals surface area contributed by atoms with E-state index in [-0.39, 0.29) is 17.6 Å². The highest BCUT2D eigenvalue weighted by Gasteiger charge is 2.18. The minimum Gasteiger partial charge on any atom is -0.497 e. The highest BCUT2D eigenvalue weighted by atomic mass is 19.1. The summed E-state index contributed by atoms with van der Waals surface area (Å²) in [5, 5.41) is 2.65. The highest BCUT2D eigenvalue weighted by molar-refractivity contribution is 5.95. The van der Waals surface area contributed by atoms with Crippen molar-refractivity contribution in [1.29, 1.82) is 0 Å². The molecule has 0 saturated heterocycles. The number of carbonyl (C=O) groups is 2. The maximum atomic E-state index is 12.9. The molecule has 6 heteroatoms. The Morgan fingerprint density at radius 3 is 2.37 bits per heavy atom. The number of ether oxygens (including phenoxy) is 1. The van der Waals surface area contributed by atoms with Gasteiger partial charge in [-0.3, -0.25) is 9.59 Å². The Kier molecular flexibility index (Phi) is 7.11. The number of likely N-dealkylation sites (N-methyl/N-ethyl adjacent to an activating group) is 1. The summed E-state index contributed by atoms with van der Waals surface area (Å²) < 4.78 is 18.0. The van der Waals surface area contributed by atoms with Crippen LogP contribution in [0.25, 0.3) is 6.08 Å². The number of carbonyl (C=O) groups excluding carboxylic acids is 2. The van der Waals surface area contributed by atoms with Gasteiger partial charge in [0.1, 0.15) is 17.6 Å². The van der Waals surface area contributed by atoms with Gasteiger partial charge in [0.2, 0.25) is 11.8 Å². The van der Waals surface area contributed by atoms with E-state index in [9.17, 15) is 14.0 Å². The SMILES string of the molecule is COc1ccc(/C=C/C(=O)NC(C)C(=O)N(C)Cc2ccc(F)cc2)cc1. The zero-order valence-corrected chi connectivity index (χ0v) is 15.6. The van der Waals surface area contributed by atoms with E-state index in [0.717, 1.165) is 16.9 Å². The third-order valence-corrected chi connectivity index (χ3v) is 3.98. The molecule has 0 aliphatic carbocycles. The Balaban J connectivity index is 1.87. The van der Waals surface area contributed by atoms with Crippen molar-refractivity contribution in [1.82, 2.24) is 10.2 Å². The topological polar surface area (TPSA) is 58.6 Å². The quantitative estimate of drug-likeness (QED) is 0.763. The first-order valence-corrected chi connectivity index (χ1v) is 8.51. The van der Waals surface area contributed by atoms with Crippen molar-refractivity contribution in [3.63, 3.8) is 0 Å². The molecule has 1 unspecified atom stereocenters. The maximum Gasteiger partial charge on any atom is 0.244 e. The molecule has 0 spiro atoms. The molecule has 2 aromatic rings. The molecule has 2 rings (SSSR count). The van der Waals surface area contributed by atoms with Gasteiger partial charge in [-0.05, 0) is 48.4 Å². The number of rotatable bonds is 7. The summed E-state index contributed by atoms with van der Waals surface area (Å²) in [6.07, 6.45) is 3.04. The Morgan fingerprint density at radius 2 is 1.78 bits per heavy atom. The third kappa shape index (κ3) is 6.26. The minimum atomic E-state index is -0.677. The normalized spacial score (nSPS) is 11.9. The number of amides is 2. The van der Waals surface area contributed by atoms with E-state index >= 15 is 0 Å². The van der Waals surface area contributed by atoms with Crippen LogP contribution in [0.1, 0.15) is 18.1 Å². The molecule has 2 aromatic carbocycles. The Labute approximate surface area is 158 Å². The summed E-state index contributed by atoms with van der Waals surface area (Å²) in [6.45, 7) is 1.96. The van der Waals surface area contributed by atoms with E-state index in [0.29, 0.717) is 6.54 Å². The van der Waals surface area contributed by atoms with Crippen molar-refractivity contribution < 1.29 is 18.7 Å². The smallest absolute Gasteiger partial charge is 0.244 e. The van der Waals surface area contributed by atoms with Crippen molar-refractivity contribution in [3.8, 4) is 5.75 Å². The van der Waals surface area contributed by atoms with Gasteiger partial charge >= 0.3 is 0 Å². The van der Waals surface area contributed by atoms with Crippen molar-refractivity contribution in [2.45, 2.75) is 19.5 Å². The molecule has 2 amide bonds. The fourth-order valence-electron chi connectivity index (χ4n) is 2.48. The summed E-state index contributed by atoms with van der Waals surface area (Å²) in [5.74, 6) is -0.176. The average molecular weight is 370 g/mol. The fourth-order valence-corrected chi connectivity index (χ4v) is 2.48. The standard InChI is InChI=1S/C21H23FN2O3/c1-15(21(26)24(2)14-17-4-9-18(22)10-5-17)23-20(25)13-8-16-6-11-19(27-3)12-7-16/h4-13,15H,14H2,1-3H3,(H,23,25)/b13-8+. The van der Waals surface area contributed by atoms with E-state index in [1.165, 1.54) is 23.1 Å². The number of nitrogens with one attached hydrogen (secondary N) is 1. The van der Waals surface area contributed by atoms with Crippen molar-refractivity contribution in [3.05, 3.63) is 71.6 Å². The number of hydrogen-bond acceptors (Lipinski definition) is 3. The first kappa shape index (κ1) is 20.2. The second kappa shape index (κ2) is 9.52. The largest absolute Gasteiger partial charge is 0.497 e. The van der Waals surface area contributed by atoms with Crippen LogP contribution >= 0.6 is 0 Å². The van der Waals surface area contributed by atoms with Crippen LogP contribution in [0.15, 0.2) is 54.6 Å². The predicted molar refractivity (Wildman–Crippen MR) is 103 cm³/mol. The Hall–Kier alpha value is -3.15. The molecule has 0 radical (unpaired) electrons. The van der Waals surface area contributed by atoms with Crippen LogP contribution in [0, 0.1) is 5.82 Å². The molecule has 1 N–H and O–H groups in total. The van der Waals surface area contributed by atoms with Crippen molar-refractivity contribution in [2.24, 2.45) is 0 Å². The molecule has 0 aliphatic heterocycles. The summed E-state index contributed by atoms with van der Waals surface area (Å²) >= 11 is 0. The molecular weight excluding hydrogens is 347 g/mol. The van der Waals surface area contributed by atoms with Crippen LogP contribution in [0.3, 0.4) is 0 Å². The summed E-state index contributed by atoms with van der Waals surface area (Å²) in [7, 11) is 3.23. The van der Waals surface area contributed by atoms with Gasteiger partial charge in [0.05, 0.1) is 7.11 Å². The van der Waals surface area contributed by atoms with Gasteiger partial charge in [-0.25, -0.2) is 4.39 Å². The lowest BCUT2D eigenvalue weighted by Crippen LogP contribution is -2.44. The molecule has 0 fully saturated rings. The van der Waals surface area contributed by atoms with E-state index < -0.39 is 6.04 Å². The second-order valence-electron chi connectivity index (χ2n) is 6.16. The Morgan fingerprint density at radius 1 is 1.15 bits per heavy atom. The van der Waals surface area contributed by atoms with Gasteiger partial charge in [0.15, 0.2) is 0 Å². The van der Waals surface area contributed by atoms with Gasteiger partial charge in [-0.15, -0.1) is 0 Å². The lowest BCUT2D eigenvalue weighted by atomic mass is 10.2. The molecule has 5 nitrogen and oxygen atoms in total. The van der Waals surface area contributed by atoms with E-state index in [1.54, 1.807) is 51.4 Å². The molecule has 1 atom stereocenters. The maximum absolute atomic E-state index is 12.9. The van der Waals surface area contributed by atoms with Gasteiger partial charge in [-0.1, -0.05) is 24.3 Å². The summed E-state index contributed by atoms with van der Waals surface area (Å²) in [4.78, 5) is 25.9. The zero-order valence-electron chi connectivity index (χ0n) is 15.6. The first-order valence-electron chi connectivity index (χ1n) is 8.51. The van der Waals surface area contributed by atoms with Gasteiger partial charge in [-0.2, -0.15) is 0 Å². The van der Waals surface area contributed by atoms with Crippen LogP contribution in [0.4, 0.5) is 4.39 Å². The van der Waals surface area contributed by atoms with Gasteiger partial charge < -0.3 is 15.0 Å². The number of halogens is 1. The molecule has 0 aromatic heterocycles. The number of nitrogens with zero attached hydrogens (tertiary/aromatic N) is 1. The number of hydrogen-bond donors (Lipinski definition) is 1. The second-order valence-corrected chi connectivity index (χ2v) is 6.16. The van der Waals surface area contributed by atoms with Gasteiger partial charge in [0.25, 0.3) is 0 Å². The highest BCUT2D eigenvalue weighted by Crippen LogP contribution is 2.12. The fraction of sp³-hybridized carbons (Fsp3) is 0.238.